The van der Waals surface area contributed by atoms with E-state index in [4.69, 9.17) is 4.74 Å². The average Bonchev–Trinajstić information content (AvgIpc) is 3.28. The van der Waals surface area contributed by atoms with Gasteiger partial charge in [-0.3, -0.25) is 4.99 Å². The van der Waals surface area contributed by atoms with E-state index >= 15 is 0 Å². The molecule has 2 aromatic carbocycles. The highest BCUT2D eigenvalue weighted by Crippen LogP contribution is 2.20. The molecule has 0 bridgehead atoms. The zero-order chi connectivity index (χ0) is 21.5. The number of benzene rings is 2. The maximum atomic E-state index is 13.0. The molecule has 3 aromatic rings. The molecule has 6 nitrogen and oxygen atoms in total. The maximum absolute atomic E-state index is 13.0. The van der Waals surface area contributed by atoms with E-state index in [0.717, 1.165) is 31.0 Å². The molecule has 2 N–H and O–H groups in total. The van der Waals surface area contributed by atoms with Gasteiger partial charge in [0.2, 0.25) is 5.88 Å². The number of para-hydroxylation sites is 1. The summed E-state index contributed by atoms with van der Waals surface area (Å²) in [5, 5.41) is 6.85. The average molecular weight is 547 g/mol. The Bertz CT molecular complexity index is 999. The van der Waals surface area contributed by atoms with Crippen molar-refractivity contribution in [1.29, 1.82) is 0 Å². The van der Waals surface area contributed by atoms with E-state index in [2.05, 4.69) is 49.8 Å². The first kappa shape index (κ1) is 23.8. The molecule has 168 valence electrons. The van der Waals surface area contributed by atoms with E-state index in [1.54, 1.807) is 31.4 Å². The van der Waals surface area contributed by atoms with Crippen molar-refractivity contribution in [2.75, 3.05) is 25.0 Å². The Kier molecular flexibility index (Phi) is 8.66. The molecule has 1 aliphatic heterocycles. The molecular weight excluding hydrogens is 520 g/mol. The molecule has 4 rings (SSSR count). The number of pyridine rings is 1. The van der Waals surface area contributed by atoms with Crippen molar-refractivity contribution in [2.24, 2.45) is 4.99 Å². The fraction of sp³-hybridized carbons (Fsp3) is 0.250. The number of nitrogens with one attached hydrogen (secondary N) is 2. The quantitative estimate of drug-likeness (QED) is 0.269. The fourth-order valence-electron chi connectivity index (χ4n) is 3.52. The van der Waals surface area contributed by atoms with E-state index < -0.39 is 0 Å². The molecule has 1 aliphatic rings. The minimum Gasteiger partial charge on any atom is -0.439 e. The summed E-state index contributed by atoms with van der Waals surface area (Å²) in [7, 11) is 1.77. The number of hydrogen-bond donors (Lipinski definition) is 2. The van der Waals surface area contributed by atoms with Gasteiger partial charge in [0.25, 0.3) is 0 Å². The number of guanidine groups is 1. The van der Waals surface area contributed by atoms with Crippen LogP contribution in [0.2, 0.25) is 0 Å². The lowest BCUT2D eigenvalue weighted by molar-refractivity contribution is 0.461. The summed E-state index contributed by atoms with van der Waals surface area (Å²) in [4.78, 5) is 11.1. The number of ether oxygens (including phenoxy) is 1. The van der Waals surface area contributed by atoms with Crippen LogP contribution in [0.3, 0.4) is 0 Å². The number of rotatable bonds is 6. The molecule has 32 heavy (non-hydrogen) atoms. The minimum atomic E-state index is -0.297. The maximum Gasteiger partial charge on any atom is 0.219 e. The molecule has 1 atom stereocenters. The predicted molar refractivity (Wildman–Crippen MR) is 137 cm³/mol. The number of aliphatic imine (C=N–C) groups is 1. The molecule has 1 saturated heterocycles. The summed E-state index contributed by atoms with van der Waals surface area (Å²) < 4.78 is 18.6. The van der Waals surface area contributed by atoms with Crippen LogP contribution in [0, 0.1) is 5.82 Å². The molecule has 1 aromatic heterocycles. The van der Waals surface area contributed by atoms with Crippen molar-refractivity contribution in [1.82, 2.24) is 15.6 Å². The number of nitrogens with zero attached hydrogens (tertiary/aromatic N) is 3. The van der Waals surface area contributed by atoms with Crippen LogP contribution in [0.15, 0.2) is 77.9 Å². The zero-order valence-electron chi connectivity index (χ0n) is 17.9. The Labute approximate surface area is 204 Å². The van der Waals surface area contributed by atoms with E-state index in [-0.39, 0.29) is 29.8 Å². The van der Waals surface area contributed by atoms with Crippen molar-refractivity contribution in [3.05, 3.63) is 84.3 Å². The van der Waals surface area contributed by atoms with Gasteiger partial charge in [0.1, 0.15) is 11.6 Å². The van der Waals surface area contributed by atoms with Gasteiger partial charge in [-0.25, -0.2) is 9.37 Å². The molecular formula is C24H27FIN5O. The molecule has 1 fully saturated rings. The van der Waals surface area contributed by atoms with E-state index in [9.17, 15) is 4.39 Å². The van der Waals surface area contributed by atoms with Crippen molar-refractivity contribution in [3.63, 3.8) is 0 Å². The van der Waals surface area contributed by atoms with Crippen LogP contribution >= 0.6 is 24.0 Å². The van der Waals surface area contributed by atoms with Crippen molar-refractivity contribution < 1.29 is 9.13 Å². The standard InChI is InChI=1S/C24H26FN5O.HI/c1-26-24(29-20-13-14-30(17-20)21-5-3-2-4-6-21)28-16-18-7-12-23(27-15-18)31-22-10-8-19(25)9-11-22;/h2-12,15,20H,13-14,16-17H2,1H3,(H2,26,28,29);1H. The molecule has 0 aliphatic carbocycles. The first-order chi connectivity index (χ1) is 15.2. The summed E-state index contributed by atoms with van der Waals surface area (Å²) >= 11 is 0. The third-order valence-corrected chi connectivity index (χ3v) is 5.17. The highest BCUT2D eigenvalue weighted by atomic mass is 127. The Morgan fingerprint density at radius 1 is 1.12 bits per heavy atom. The Balaban J connectivity index is 0.00000289. The molecule has 0 amide bonds. The van der Waals surface area contributed by atoms with Crippen molar-refractivity contribution in [2.45, 2.75) is 19.0 Å². The van der Waals surface area contributed by atoms with Crippen LogP contribution in [-0.4, -0.2) is 37.1 Å². The normalized spacial score (nSPS) is 15.8. The monoisotopic (exact) mass is 547 g/mol. The molecule has 8 heteroatoms. The van der Waals surface area contributed by atoms with Gasteiger partial charge in [0.15, 0.2) is 5.96 Å². The summed E-state index contributed by atoms with van der Waals surface area (Å²) in [6.45, 7) is 2.57. The lowest BCUT2D eigenvalue weighted by Gasteiger charge is -2.20. The Morgan fingerprint density at radius 2 is 1.91 bits per heavy atom. The highest BCUT2D eigenvalue weighted by Gasteiger charge is 2.23. The molecule has 0 radical (unpaired) electrons. The predicted octanol–water partition coefficient (Wildman–Crippen LogP) is 4.57. The number of hydrogen-bond acceptors (Lipinski definition) is 4. The van der Waals surface area contributed by atoms with Gasteiger partial charge in [-0.05, 0) is 48.4 Å². The van der Waals surface area contributed by atoms with Gasteiger partial charge in [-0.15, -0.1) is 24.0 Å². The summed E-state index contributed by atoms with van der Waals surface area (Å²) in [6, 6.07) is 20.4. The van der Waals surface area contributed by atoms with Crippen LogP contribution in [0.25, 0.3) is 0 Å². The Morgan fingerprint density at radius 3 is 2.59 bits per heavy atom. The first-order valence-corrected chi connectivity index (χ1v) is 10.3. The summed E-state index contributed by atoms with van der Waals surface area (Å²) in [6.07, 6.45) is 2.82. The topological polar surface area (TPSA) is 61.8 Å². The lowest BCUT2D eigenvalue weighted by Crippen LogP contribution is -2.44. The molecule has 0 spiro atoms. The van der Waals surface area contributed by atoms with Crippen molar-refractivity contribution >= 4 is 35.6 Å². The van der Waals surface area contributed by atoms with E-state index in [1.165, 1.54) is 17.8 Å². The second-order valence-corrected chi connectivity index (χ2v) is 7.40. The zero-order valence-corrected chi connectivity index (χ0v) is 20.2. The molecule has 1 unspecified atom stereocenters. The number of aromatic nitrogens is 1. The summed E-state index contributed by atoms with van der Waals surface area (Å²) in [5.41, 5.74) is 2.26. The fourth-order valence-corrected chi connectivity index (χ4v) is 3.52. The van der Waals surface area contributed by atoms with Gasteiger partial charge in [-0.2, -0.15) is 0 Å². The second-order valence-electron chi connectivity index (χ2n) is 7.40. The van der Waals surface area contributed by atoms with Gasteiger partial charge in [0, 0.05) is 50.7 Å². The van der Waals surface area contributed by atoms with Gasteiger partial charge in [-0.1, -0.05) is 24.3 Å². The first-order valence-electron chi connectivity index (χ1n) is 10.3. The van der Waals surface area contributed by atoms with Gasteiger partial charge >= 0.3 is 0 Å². The minimum absolute atomic E-state index is 0. The van der Waals surface area contributed by atoms with Crippen LogP contribution in [0.5, 0.6) is 11.6 Å². The summed E-state index contributed by atoms with van der Waals surface area (Å²) in [5.74, 6) is 1.48. The SMILES string of the molecule is CN=C(NCc1ccc(Oc2ccc(F)cc2)nc1)NC1CCN(c2ccccc2)C1.I. The smallest absolute Gasteiger partial charge is 0.219 e. The van der Waals surface area contributed by atoms with Gasteiger partial charge in [0.05, 0.1) is 0 Å². The third-order valence-electron chi connectivity index (χ3n) is 5.17. The second kappa shape index (κ2) is 11.7. The van der Waals surface area contributed by atoms with Gasteiger partial charge < -0.3 is 20.3 Å². The lowest BCUT2D eigenvalue weighted by atomic mass is 10.2. The van der Waals surface area contributed by atoms with Crippen LogP contribution in [0.4, 0.5) is 10.1 Å². The van der Waals surface area contributed by atoms with Crippen LogP contribution < -0.4 is 20.3 Å². The number of anilines is 1. The molecule has 2 heterocycles. The third kappa shape index (κ3) is 6.56. The van der Waals surface area contributed by atoms with E-state index in [1.807, 2.05) is 12.1 Å². The molecule has 0 saturated carbocycles. The highest BCUT2D eigenvalue weighted by molar-refractivity contribution is 14.0. The van der Waals surface area contributed by atoms with Crippen LogP contribution in [-0.2, 0) is 6.54 Å². The van der Waals surface area contributed by atoms with Crippen molar-refractivity contribution in [3.8, 4) is 11.6 Å². The Hall–Kier alpha value is -2.88. The largest absolute Gasteiger partial charge is 0.439 e. The van der Waals surface area contributed by atoms with Crippen LogP contribution in [0.1, 0.15) is 12.0 Å². The number of halogens is 2. The van der Waals surface area contributed by atoms with E-state index in [0.29, 0.717) is 24.2 Å².